The number of benzene rings is 1. The first-order chi connectivity index (χ1) is 12.1. The van der Waals surface area contributed by atoms with Crippen LogP contribution in [0.4, 0.5) is 5.82 Å². The van der Waals surface area contributed by atoms with Crippen LogP contribution in [0, 0.1) is 11.3 Å². The normalized spacial score (nSPS) is 14.8. The minimum Gasteiger partial charge on any atom is -0.490 e. The predicted octanol–water partition coefficient (Wildman–Crippen LogP) is 2.75. The van der Waals surface area contributed by atoms with Gasteiger partial charge in [0.25, 0.3) is 0 Å². The van der Waals surface area contributed by atoms with Gasteiger partial charge in [0, 0.05) is 32.1 Å². The minimum absolute atomic E-state index is 0.0776. The summed E-state index contributed by atoms with van der Waals surface area (Å²) >= 11 is 6.23. The summed E-state index contributed by atoms with van der Waals surface area (Å²) in [6.07, 6.45) is 3.15. The summed E-state index contributed by atoms with van der Waals surface area (Å²) in [6, 6.07) is 10.8. The first-order valence-corrected chi connectivity index (χ1v) is 8.31. The van der Waals surface area contributed by atoms with Gasteiger partial charge in [0.2, 0.25) is 5.91 Å². The highest BCUT2D eigenvalue weighted by molar-refractivity contribution is 6.33. The Morgan fingerprint density at radius 3 is 2.76 bits per heavy atom. The smallest absolute Gasteiger partial charge is 0.250 e. The Hall–Kier alpha value is -2.78. The summed E-state index contributed by atoms with van der Waals surface area (Å²) in [6.45, 7) is 1.48. The molecule has 1 aromatic carbocycles. The third-order valence-electron chi connectivity index (χ3n) is 4.11. The second kappa shape index (κ2) is 7.41. The fourth-order valence-corrected chi connectivity index (χ4v) is 3.10. The van der Waals surface area contributed by atoms with E-state index in [4.69, 9.17) is 27.3 Å². The predicted molar refractivity (Wildman–Crippen MR) is 94.8 cm³/mol. The summed E-state index contributed by atoms with van der Waals surface area (Å²) in [5.41, 5.74) is 6.11. The van der Waals surface area contributed by atoms with E-state index in [0.29, 0.717) is 27.7 Å². The fraction of sp³-hybridized carbons (Fsp3) is 0.278. The SMILES string of the molecule is N#Cc1cccc(OC2CCN(c3ncc(C(N)=O)cc3Cl)CC2)c1. The molecular formula is C18H17ClN4O2. The molecule has 25 heavy (non-hydrogen) atoms. The van der Waals surface area contributed by atoms with Gasteiger partial charge >= 0.3 is 0 Å². The Bertz CT molecular complexity index is 826. The summed E-state index contributed by atoms with van der Waals surface area (Å²) in [5, 5.41) is 9.36. The molecule has 2 N–H and O–H groups in total. The molecule has 1 aliphatic rings. The summed E-state index contributed by atoms with van der Waals surface area (Å²) in [5.74, 6) is 0.809. The number of nitrogens with zero attached hydrogens (tertiary/aromatic N) is 3. The lowest BCUT2D eigenvalue weighted by Gasteiger charge is -2.33. The maximum Gasteiger partial charge on any atom is 0.250 e. The number of nitriles is 1. The van der Waals surface area contributed by atoms with Crippen molar-refractivity contribution >= 4 is 23.3 Å². The molecular weight excluding hydrogens is 340 g/mol. The molecule has 1 saturated heterocycles. The van der Waals surface area contributed by atoms with E-state index in [1.807, 2.05) is 12.1 Å². The molecule has 0 unspecified atom stereocenters. The number of pyridine rings is 1. The molecule has 0 saturated carbocycles. The molecule has 0 radical (unpaired) electrons. The van der Waals surface area contributed by atoms with Crippen molar-refractivity contribution in [1.29, 1.82) is 5.26 Å². The van der Waals surface area contributed by atoms with Gasteiger partial charge in [-0.2, -0.15) is 5.26 Å². The Morgan fingerprint density at radius 2 is 2.12 bits per heavy atom. The molecule has 0 bridgehead atoms. The summed E-state index contributed by atoms with van der Waals surface area (Å²) in [4.78, 5) is 17.5. The number of ether oxygens (including phenoxy) is 1. The molecule has 0 spiro atoms. The van der Waals surface area contributed by atoms with E-state index in [1.165, 1.54) is 6.20 Å². The number of aromatic nitrogens is 1. The average molecular weight is 357 g/mol. The number of piperidine rings is 1. The number of anilines is 1. The number of carbonyl (C=O) groups is 1. The summed E-state index contributed by atoms with van der Waals surface area (Å²) < 4.78 is 5.97. The van der Waals surface area contributed by atoms with Crippen molar-refractivity contribution < 1.29 is 9.53 Å². The van der Waals surface area contributed by atoms with Crippen molar-refractivity contribution in [2.45, 2.75) is 18.9 Å². The number of rotatable bonds is 4. The van der Waals surface area contributed by atoms with Gasteiger partial charge in [-0.25, -0.2) is 4.98 Å². The van der Waals surface area contributed by atoms with E-state index in [9.17, 15) is 4.79 Å². The van der Waals surface area contributed by atoms with Crippen LogP contribution < -0.4 is 15.4 Å². The van der Waals surface area contributed by atoms with Crippen molar-refractivity contribution in [2.75, 3.05) is 18.0 Å². The number of nitrogens with two attached hydrogens (primary N) is 1. The topological polar surface area (TPSA) is 92.2 Å². The number of amides is 1. The molecule has 7 heteroatoms. The van der Waals surface area contributed by atoms with E-state index in [1.54, 1.807) is 18.2 Å². The van der Waals surface area contributed by atoms with Gasteiger partial charge in [0.15, 0.2) is 0 Å². The molecule has 2 aromatic rings. The molecule has 0 aliphatic carbocycles. The number of halogens is 1. The van der Waals surface area contributed by atoms with Crippen molar-refractivity contribution in [3.8, 4) is 11.8 Å². The largest absolute Gasteiger partial charge is 0.490 e. The van der Waals surface area contributed by atoms with E-state index in [2.05, 4.69) is 16.0 Å². The molecule has 2 heterocycles. The second-order valence-corrected chi connectivity index (χ2v) is 6.24. The lowest BCUT2D eigenvalue weighted by Crippen LogP contribution is -2.38. The second-order valence-electron chi connectivity index (χ2n) is 5.84. The van der Waals surface area contributed by atoms with Crippen LogP contribution in [-0.2, 0) is 0 Å². The van der Waals surface area contributed by atoms with Gasteiger partial charge in [-0.05, 0) is 24.3 Å². The van der Waals surface area contributed by atoms with Crippen LogP contribution >= 0.6 is 11.6 Å². The fourth-order valence-electron chi connectivity index (χ4n) is 2.81. The molecule has 128 valence electrons. The van der Waals surface area contributed by atoms with Crippen molar-refractivity contribution in [1.82, 2.24) is 4.98 Å². The van der Waals surface area contributed by atoms with Crippen molar-refractivity contribution in [3.63, 3.8) is 0 Å². The van der Waals surface area contributed by atoms with Gasteiger partial charge in [-0.3, -0.25) is 4.79 Å². The van der Waals surface area contributed by atoms with Crippen molar-refractivity contribution in [2.24, 2.45) is 5.73 Å². The minimum atomic E-state index is -0.548. The zero-order valence-electron chi connectivity index (χ0n) is 13.5. The maximum atomic E-state index is 11.2. The third-order valence-corrected chi connectivity index (χ3v) is 4.39. The highest BCUT2D eigenvalue weighted by Gasteiger charge is 2.23. The van der Waals surface area contributed by atoms with Crippen LogP contribution in [0.25, 0.3) is 0 Å². The quantitative estimate of drug-likeness (QED) is 0.909. The molecule has 1 aliphatic heterocycles. The molecule has 1 aromatic heterocycles. The van der Waals surface area contributed by atoms with Crippen molar-refractivity contribution in [3.05, 3.63) is 52.7 Å². The van der Waals surface area contributed by atoms with Gasteiger partial charge in [-0.15, -0.1) is 0 Å². The Labute approximate surface area is 150 Å². The van der Waals surface area contributed by atoms with Crippen LogP contribution in [0.5, 0.6) is 5.75 Å². The summed E-state index contributed by atoms with van der Waals surface area (Å²) in [7, 11) is 0. The van der Waals surface area contributed by atoms with Crippen LogP contribution in [-0.4, -0.2) is 30.1 Å². The third kappa shape index (κ3) is 4.01. The molecule has 6 nitrogen and oxygen atoms in total. The van der Waals surface area contributed by atoms with Crippen LogP contribution in [0.15, 0.2) is 36.5 Å². The van der Waals surface area contributed by atoms with Crippen LogP contribution in [0.3, 0.4) is 0 Å². The highest BCUT2D eigenvalue weighted by atomic mass is 35.5. The number of primary amides is 1. The van der Waals surface area contributed by atoms with Crippen LogP contribution in [0.1, 0.15) is 28.8 Å². The zero-order valence-corrected chi connectivity index (χ0v) is 14.2. The number of hydrogen-bond acceptors (Lipinski definition) is 5. The Morgan fingerprint density at radius 1 is 1.36 bits per heavy atom. The molecule has 1 fully saturated rings. The Balaban J connectivity index is 1.62. The molecule has 1 amide bonds. The number of hydrogen-bond donors (Lipinski definition) is 1. The van der Waals surface area contributed by atoms with Crippen LogP contribution in [0.2, 0.25) is 5.02 Å². The van der Waals surface area contributed by atoms with E-state index < -0.39 is 5.91 Å². The Kier molecular flexibility index (Phi) is 5.05. The first kappa shape index (κ1) is 17.1. The lowest BCUT2D eigenvalue weighted by molar-refractivity contribution is 0.1000. The standard InChI is InChI=1S/C18H17ClN4O2/c19-16-9-13(17(21)24)11-22-18(16)23-6-4-14(5-7-23)25-15-3-1-2-12(8-15)10-20/h1-3,8-9,11,14H,4-7H2,(H2,21,24). The van der Waals surface area contributed by atoms with E-state index in [-0.39, 0.29) is 6.10 Å². The average Bonchev–Trinajstić information content (AvgIpc) is 2.62. The van der Waals surface area contributed by atoms with E-state index in [0.717, 1.165) is 25.9 Å². The number of carbonyl (C=O) groups excluding carboxylic acids is 1. The van der Waals surface area contributed by atoms with Gasteiger partial charge < -0.3 is 15.4 Å². The maximum absolute atomic E-state index is 11.2. The van der Waals surface area contributed by atoms with Gasteiger partial charge in [-0.1, -0.05) is 17.7 Å². The first-order valence-electron chi connectivity index (χ1n) is 7.94. The monoisotopic (exact) mass is 356 g/mol. The highest BCUT2D eigenvalue weighted by Crippen LogP contribution is 2.28. The van der Waals surface area contributed by atoms with Gasteiger partial charge in [0.05, 0.1) is 22.2 Å². The van der Waals surface area contributed by atoms with Gasteiger partial charge in [0.1, 0.15) is 17.7 Å². The van der Waals surface area contributed by atoms with E-state index >= 15 is 0 Å². The lowest BCUT2D eigenvalue weighted by atomic mass is 10.1. The zero-order chi connectivity index (χ0) is 17.8. The molecule has 0 atom stereocenters. The molecule has 3 rings (SSSR count).